The van der Waals surface area contributed by atoms with Crippen molar-refractivity contribution in [1.29, 1.82) is 0 Å². The van der Waals surface area contributed by atoms with Crippen LogP contribution in [0.4, 0.5) is 16.2 Å². The number of hydrogen-bond donors (Lipinski definition) is 0. The van der Waals surface area contributed by atoms with Gasteiger partial charge in [-0.1, -0.05) is 0 Å². The highest BCUT2D eigenvalue weighted by Gasteiger charge is 2.13. The zero-order valence-corrected chi connectivity index (χ0v) is 8.90. The normalized spacial score (nSPS) is 11.0. The molecular weight excluding hydrogens is 230 g/mol. The first-order valence-electron chi connectivity index (χ1n) is 4.64. The van der Waals surface area contributed by atoms with Gasteiger partial charge >= 0.3 is 6.09 Å². The Labute approximate surface area is 95.9 Å². The third-order valence-corrected chi connectivity index (χ3v) is 1.70. The molecule has 1 amide bonds. The second kappa shape index (κ2) is 5.54. The van der Waals surface area contributed by atoms with Crippen LogP contribution in [0, 0.1) is 15.3 Å². The molecule has 1 aromatic rings. The SMILES string of the molecule is CCOC(=O)/N=[N+](\[O-])c1cccc([N+](=O)[O-])c1. The molecule has 1 aromatic carbocycles. The van der Waals surface area contributed by atoms with E-state index in [9.17, 15) is 20.1 Å². The van der Waals surface area contributed by atoms with Gasteiger partial charge in [0.05, 0.1) is 22.7 Å². The summed E-state index contributed by atoms with van der Waals surface area (Å²) in [6.45, 7) is 1.65. The lowest BCUT2D eigenvalue weighted by atomic mass is 10.3. The van der Waals surface area contributed by atoms with Crippen LogP contribution in [-0.2, 0) is 4.74 Å². The van der Waals surface area contributed by atoms with E-state index in [1.54, 1.807) is 6.92 Å². The molecule has 0 atom stereocenters. The number of carbonyl (C=O) groups is 1. The van der Waals surface area contributed by atoms with Gasteiger partial charge < -0.3 is 9.94 Å². The number of non-ortho nitro benzene ring substituents is 1. The third kappa shape index (κ3) is 3.52. The Kier molecular flexibility index (Phi) is 4.09. The Hall–Kier alpha value is -2.51. The maximum absolute atomic E-state index is 11.3. The highest BCUT2D eigenvalue weighted by molar-refractivity contribution is 5.66. The van der Waals surface area contributed by atoms with Crippen molar-refractivity contribution >= 4 is 17.5 Å². The number of benzene rings is 1. The Morgan fingerprint density at radius 2 is 2.06 bits per heavy atom. The molecule has 8 nitrogen and oxygen atoms in total. The van der Waals surface area contributed by atoms with Crippen molar-refractivity contribution < 1.29 is 19.3 Å². The van der Waals surface area contributed by atoms with Crippen LogP contribution in [0.3, 0.4) is 0 Å². The van der Waals surface area contributed by atoms with E-state index >= 15 is 0 Å². The first kappa shape index (κ1) is 12.6. The van der Waals surface area contributed by atoms with Crippen LogP contribution in [0.15, 0.2) is 29.4 Å². The Balaban J connectivity index is 2.96. The van der Waals surface area contributed by atoms with E-state index in [0.717, 1.165) is 6.07 Å². The maximum Gasteiger partial charge on any atom is 0.492 e. The Morgan fingerprint density at radius 1 is 1.41 bits per heavy atom. The van der Waals surface area contributed by atoms with E-state index < -0.39 is 11.0 Å². The van der Waals surface area contributed by atoms with Crippen LogP contribution in [-0.4, -0.2) is 22.5 Å². The van der Waals surface area contributed by atoms with E-state index in [4.69, 9.17) is 0 Å². The van der Waals surface area contributed by atoms with Gasteiger partial charge in [-0.2, -0.15) is 0 Å². The van der Waals surface area contributed by atoms with Gasteiger partial charge in [0, 0.05) is 12.1 Å². The summed E-state index contributed by atoms with van der Waals surface area (Å²) >= 11 is 0. The fraction of sp³-hybridized carbons (Fsp3) is 0.222. The minimum Gasteiger partial charge on any atom is -0.594 e. The number of ether oxygens (including phenoxy) is 1. The lowest BCUT2D eigenvalue weighted by molar-refractivity contribution is -0.437. The highest BCUT2D eigenvalue weighted by atomic mass is 16.6. The maximum atomic E-state index is 11.3. The molecule has 0 aliphatic rings. The van der Waals surface area contributed by atoms with Gasteiger partial charge in [-0.15, -0.1) is 0 Å². The number of azo groups is 1. The summed E-state index contributed by atoms with van der Waals surface area (Å²) in [6, 6.07) is 4.85. The fourth-order valence-electron chi connectivity index (χ4n) is 1.01. The predicted octanol–water partition coefficient (Wildman–Crippen LogP) is 2.35. The quantitative estimate of drug-likeness (QED) is 0.348. The molecule has 1 rings (SSSR count). The van der Waals surface area contributed by atoms with Crippen LogP contribution >= 0.6 is 0 Å². The number of amides is 1. The van der Waals surface area contributed by atoms with Crippen LogP contribution in [0.2, 0.25) is 0 Å². The number of carbonyl (C=O) groups excluding carboxylic acids is 1. The van der Waals surface area contributed by atoms with Crippen molar-refractivity contribution in [2.45, 2.75) is 6.92 Å². The van der Waals surface area contributed by atoms with E-state index in [1.807, 2.05) is 0 Å². The summed E-state index contributed by atoms with van der Waals surface area (Å²) < 4.78 is 4.43. The monoisotopic (exact) mass is 239 g/mol. The molecule has 90 valence electrons. The van der Waals surface area contributed by atoms with E-state index in [2.05, 4.69) is 9.85 Å². The zero-order valence-electron chi connectivity index (χ0n) is 8.90. The number of nitro benzene ring substituents is 1. The van der Waals surface area contributed by atoms with E-state index in [0.29, 0.717) is 0 Å². The van der Waals surface area contributed by atoms with Crippen molar-refractivity contribution in [2.24, 2.45) is 5.11 Å². The van der Waals surface area contributed by atoms with Gasteiger partial charge in [0.1, 0.15) is 0 Å². The number of hydrogen-bond acceptors (Lipinski definition) is 5. The van der Waals surface area contributed by atoms with Crippen LogP contribution in [0.1, 0.15) is 6.92 Å². The third-order valence-electron chi connectivity index (χ3n) is 1.70. The fourth-order valence-corrected chi connectivity index (χ4v) is 1.01. The summed E-state index contributed by atoms with van der Waals surface area (Å²) in [5.74, 6) is 0. The van der Waals surface area contributed by atoms with Crippen molar-refractivity contribution in [3.05, 3.63) is 39.6 Å². The van der Waals surface area contributed by atoms with Crippen molar-refractivity contribution in [3.63, 3.8) is 0 Å². The number of rotatable bonds is 3. The first-order chi connectivity index (χ1) is 8.04. The molecule has 0 saturated heterocycles. The molecule has 0 bridgehead atoms. The molecule has 0 unspecified atom stereocenters. The molecular formula is C9H9N3O5. The minimum atomic E-state index is -1.05. The predicted molar refractivity (Wildman–Crippen MR) is 55.8 cm³/mol. The Morgan fingerprint density at radius 3 is 2.65 bits per heavy atom. The molecule has 0 aromatic heterocycles. The summed E-state index contributed by atoms with van der Waals surface area (Å²) in [4.78, 5) is 20.7. The summed E-state index contributed by atoms with van der Waals surface area (Å²) in [6.07, 6.45) is -1.05. The summed E-state index contributed by atoms with van der Waals surface area (Å²) in [5.41, 5.74) is -0.380. The molecule has 0 aliphatic carbocycles. The van der Waals surface area contributed by atoms with Gasteiger partial charge in [0.2, 0.25) is 0 Å². The van der Waals surface area contributed by atoms with Gasteiger partial charge in [-0.05, 0) is 17.9 Å². The number of nitrogens with zero attached hydrogens (tertiary/aromatic N) is 3. The average Bonchev–Trinajstić information content (AvgIpc) is 2.29. The van der Waals surface area contributed by atoms with Crippen LogP contribution in [0.5, 0.6) is 0 Å². The average molecular weight is 239 g/mol. The largest absolute Gasteiger partial charge is 0.594 e. The molecule has 17 heavy (non-hydrogen) atoms. The van der Waals surface area contributed by atoms with Gasteiger partial charge in [-0.25, -0.2) is 4.79 Å². The van der Waals surface area contributed by atoms with Gasteiger partial charge in [0.25, 0.3) is 11.4 Å². The molecule has 0 radical (unpaired) electrons. The molecule has 0 fully saturated rings. The lowest BCUT2D eigenvalue weighted by Crippen LogP contribution is -2.02. The summed E-state index contributed by atoms with van der Waals surface area (Å²) in [5, 5.41) is 24.8. The zero-order chi connectivity index (χ0) is 12.8. The van der Waals surface area contributed by atoms with Gasteiger partial charge in [-0.3, -0.25) is 10.1 Å². The highest BCUT2D eigenvalue weighted by Crippen LogP contribution is 2.19. The number of nitro groups is 1. The Bertz CT molecular complexity index is 471. The lowest BCUT2D eigenvalue weighted by Gasteiger charge is -1.99. The van der Waals surface area contributed by atoms with Crippen molar-refractivity contribution in [1.82, 2.24) is 0 Å². The smallest absolute Gasteiger partial charge is 0.492 e. The van der Waals surface area contributed by atoms with E-state index in [1.165, 1.54) is 18.2 Å². The molecule has 0 heterocycles. The molecule has 0 saturated carbocycles. The van der Waals surface area contributed by atoms with Crippen molar-refractivity contribution in [3.8, 4) is 0 Å². The van der Waals surface area contributed by atoms with Crippen molar-refractivity contribution in [2.75, 3.05) is 6.61 Å². The molecule has 0 aliphatic heterocycles. The van der Waals surface area contributed by atoms with Crippen LogP contribution in [0.25, 0.3) is 0 Å². The summed E-state index contributed by atoms with van der Waals surface area (Å²) in [7, 11) is 0. The minimum absolute atomic E-state index is 0.0228. The topological polar surface area (TPSA) is 108 Å². The molecule has 8 heteroatoms. The second-order valence-electron chi connectivity index (χ2n) is 2.85. The molecule has 0 N–H and O–H groups in total. The standard InChI is InChI=1S/C9H9N3O5/c1-2-17-9(13)10-11(14)7-4-3-5-8(6-7)12(15)16/h3-6H,2H2,1H3/b11-10-. The second-order valence-corrected chi connectivity index (χ2v) is 2.85. The van der Waals surface area contributed by atoms with E-state index in [-0.39, 0.29) is 22.8 Å². The molecule has 0 spiro atoms. The van der Waals surface area contributed by atoms with Gasteiger partial charge in [0.15, 0.2) is 0 Å². The van der Waals surface area contributed by atoms with Crippen LogP contribution < -0.4 is 0 Å². The first-order valence-corrected chi connectivity index (χ1v) is 4.64.